The summed E-state index contributed by atoms with van der Waals surface area (Å²) in [6.45, 7) is 3.84. The number of nitrogens with zero attached hydrogens (tertiary/aromatic N) is 1. The van der Waals surface area contributed by atoms with Gasteiger partial charge in [0.1, 0.15) is 5.69 Å². The molecule has 0 N–H and O–H groups in total. The Morgan fingerprint density at radius 1 is 1.29 bits per heavy atom. The van der Waals surface area contributed by atoms with Crippen molar-refractivity contribution < 1.29 is 9.53 Å². The van der Waals surface area contributed by atoms with Crippen LogP contribution in [0.3, 0.4) is 0 Å². The number of pyridine rings is 1. The normalized spacial score (nSPS) is 10.6. The van der Waals surface area contributed by atoms with Crippen LogP contribution >= 0.6 is 11.6 Å². The van der Waals surface area contributed by atoms with Crippen LogP contribution in [0.15, 0.2) is 18.2 Å². The molecule has 0 saturated heterocycles. The van der Waals surface area contributed by atoms with Crippen LogP contribution in [0, 0.1) is 13.8 Å². The van der Waals surface area contributed by atoms with Gasteiger partial charge in [-0.15, -0.1) is 0 Å². The average Bonchev–Trinajstić information content (AvgIpc) is 2.32. The second-order valence-electron chi connectivity index (χ2n) is 3.90. The van der Waals surface area contributed by atoms with Gasteiger partial charge in [-0.3, -0.25) is 0 Å². The van der Waals surface area contributed by atoms with E-state index < -0.39 is 5.97 Å². The van der Waals surface area contributed by atoms with Gasteiger partial charge in [0.2, 0.25) is 0 Å². The van der Waals surface area contributed by atoms with Crippen molar-refractivity contribution in [2.75, 3.05) is 7.11 Å². The number of fused-ring (bicyclic) bond motifs is 1. The van der Waals surface area contributed by atoms with Crippen molar-refractivity contribution in [3.05, 3.63) is 40.0 Å². The Balaban J connectivity index is 2.82. The van der Waals surface area contributed by atoms with Gasteiger partial charge in [-0.2, -0.15) is 0 Å². The molecule has 1 aromatic carbocycles. The molecule has 88 valence electrons. The number of rotatable bonds is 1. The van der Waals surface area contributed by atoms with Crippen LogP contribution in [0.1, 0.15) is 21.6 Å². The van der Waals surface area contributed by atoms with Gasteiger partial charge in [-0.1, -0.05) is 17.7 Å². The van der Waals surface area contributed by atoms with Crippen LogP contribution < -0.4 is 0 Å². The topological polar surface area (TPSA) is 39.2 Å². The van der Waals surface area contributed by atoms with Gasteiger partial charge in [0.15, 0.2) is 0 Å². The number of aromatic nitrogens is 1. The van der Waals surface area contributed by atoms with E-state index in [1.54, 1.807) is 6.07 Å². The third-order valence-corrected chi connectivity index (χ3v) is 3.02. The Bertz CT molecular complexity index is 608. The molecule has 0 aliphatic heterocycles. The maximum absolute atomic E-state index is 11.5. The maximum Gasteiger partial charge on any atom is 0.356 e. The first-order valence-electron chi connectivity index (χ1n) is 5.19. The number of benzene rings is 1. The standard InChI is InChI=1S/C13H12ClNO2/c1-7-4-5-9(14)11-8(2)6-10(13(16)17-3)15-12(7)11/h4-6H,1-3H3. The highest BCUT2D eigenvalue weighted by Crippen LogP contribution is 2.28. The van der Waals surface area contributed by atoms with Gasteiger partial charge in [-0.05, 0) is 37.1 Å². The van der Waals surface area contributed by atoms with Crippen LogP contribution in [0.5, 0.6) is 0 Å². The highest BCUT2D eigenvalue weighted by molar-refractivity contribution is 6.35. The summed E-state index contributed by atoms with van der Waals surface area (Å²) < 4.78 is 4.68. The lowest BCUT2D eigenvalue weighted by Crippen LogP contribution is -2.05. The molecule has 0 radical (unpaired) electrons. The number of aryl methyl sites for hydroxylation is 2. The highest BCUT2D eigenvalue weighted by atomic mass is 35.5. The van der Waals surface area contributed by atoms with Crippen molar-refractivity contribution in [1.29, 1.82) is 0 Å². The van der Waals surface area contributed by atoms with Gasteiger partial charge in [0, 0.05) is 5.39 Å². The van der Waals surface area contributed by atoms with E-state index in [0.717, 1.165) is 22.0 Å². The number of hydrogen-bond acceptors (Lipinski definition) is 3. The predicted octanol–water partition coefficient (Wildman–Crippen LogP) is 3.29. The molecule has 0 aliphatic carbocycles. The number of ether oxygens (including phenoxy) is 1. The number of esters is 1. The quantitative estimate of drug-likeness (QED) is 0.728. The van der Waals surface area contributed by atoms with Crippen molar-refractivity contribution in [2.24, 2.45) is 0 Å². The van der Waals surface area contributed by atoms with Crippen LogP contribution in [0.2, 0.25) is 5.02 Å². The zero-order valence-electron chi connectivity index (χ0n) is 9.87. The molecule has 0 atom stereocenters. The maximum atomic E-state index is 11.5. The molecule has 0 unspecified atom stereocenters. The number of hydrogen-bond donors (Lipinski definition) is 0. The largest absolute Gasteiger partial charge is 0.464 e. The summed E-state index contributed by atoms with van der Waals surface area (Å²) >= 11 is 6.14. The highest BCUT2D eigenvalue weighted by Gasteiger charge is 2.13. The molecule has 0 saturated carbocycles. The third-order valence-electron chi connectivity index (χ3n) is 2.70. The third kappa shape index (κ3) is 1.98. The Morgan fingerprint density at radius 3 is 2.65 bits per heavy atom. The number of carbonyl (C=O) groups excluding carboxylic acids is 1. The van der Waals surface area contributed by atoms with Gasteiger partial charge in [0.25, 0.3) is 0 Å². The molecule has 0 bridgehead atoms. The Kier molecular flexibility index (Phi) is 3.03. The minimum absolute atomic E-state index is 0.308. The lowest BCUT2D eigenvalue weighted by Gasteiger charge is -2.08. The van der Waals surface area contributed by atoms with Crippen molar-refractivity contribution in [3.8, 4) is 0 Å². The monoisotopic (exact) mass is 249 g/mol. The SMILES string of the molecule is COC(=O)c1cc(C)c2c(Cl)ccc(C)c2n1. The van der Waals surface area contributed by atoms with Crippen molar-refractivity contribution in [2.45, 2.75) is 13.8 Å². The van der Waals surface area contributed by atoms with E-state index in [1.165, 1.54) is 7.11 Å². The van der Waals surface area contributed by atoms with Crippen LogP contribution in [-0.4, -0.2) is 18.1 Å². The van der Waals surface area contributed by atoms with Crippen molar-refractivity contribution >= 4 is 28.5 Å². The molecule has 0 amide bonds. The molecule has 17 heavy (non-hydrogen) atoms. The van der Waals surface area contributed by atoms with Gasteiger partial charge in [-0.25, -0.2) is 9.78 Å². The zero-order chi connectivity index (χ0) is 12.6. The fourth-order valence-corrected chi connectivity index (χ4v) is 2.13. The van der Waals surface area contributed by atoms with E-state index in [1.807, 2.05) is 26.0 Å². The summed E-state index contributed by atoms with van der Waals surface area (Å²) in [5.74, 6) is -0.436. The van der Waals surface area contributed by atoms with Crippen molar-refractivity contribution in [1.82, 2.24) is 4.98 Å². The summed E-state index contributed by atoms with van der Waals surface area (Å²) in [7, 11) is 1.34. The van der Waals surface area contributed by atoms with E-state index in [-0.39, 0.29) is 0 Å². The first-order chi connectivity index (χ1) is 8.04. The van der Waals surface area contributed by atoms with Gasteiger partial charge < -0.3 is 4.74 Å². The number of methoxy groups -OCH3 is 1. The molecule has 1 heterocycles. The lowest BCUT2D eigenvalue weighted by molar-refractivity contribution is 0.0594. The molecule has 1 aromatic heterocycles. The molecule has 0 spiro atoms. The van der Waals surface area contributed by atoms with Crippen LogP contribution in [0.4, 0.5) is 0 Å². The average molecular weight is 250 g/mol. The second kappa shape index (κ2) is 4.34. The van der Waals surface area contributed by atoms with E-state index in [2.05, 4.69) is 9.72 Å². The van der Waals surface area contributed by atoms with Crippen LogP contribution in [0.25, 0.3) is 10.9 Å². The molecule has 0 fully saturated rings. The second-order valence-corrected chi connectivity index (χ2v) is 4.31. The minimum Gasteiger partial charge on any atom is -0.464 e. The Labute approximate surface area is 104 Å². The Morgan fingerprint density at radius 2 is 2.00 bits per heavy atom. The van der Waals surface area contributed by atoms with E-state index in [9.17, 15) is 4.79 Å². The molecular weight excluding hydrogens is 238 g/mol. The number of carbonyl (C=O) groups is 1. The van der Waals surface area contributed by atoms with E-state index >= 15 is 0 Å². The first kappa shape index (κ1) is 11.9. The van der Waals surface area contributed by atoms with E-state index in [4.69, 9.17) is 11.6 Å². The zero-order valence-corrected chi connectivity index (χ0v) is 10.6. The molecule has 2 aromatic rings. The number of halogens is 1. The summed E-state index contributed by atoms with van der Waals surface area (Å²) in [6, 6.07) is 5.42. The Hall–Kier alpha value is -1.61. The van der Waals surface area contributed by atoms with Gasteiger partial charge >= 0.3 is 5.97 Å². The summed E-state index contributed by atoms with van der Waals surface area (Å²) in [4.78, 5) is 15.8. The lowest BCUT2D eigenvalue weighted by atomic mass is 10.1. The van der Waals surface area contributed by atoms with Gasteiger partial charge in [0.05, 0.1) is 17.6 Å². The molecular formula is C13H12ClNO2. The fraction of sp³-hybridized carbons (Fsp3) is 0.231. The summed E-state index contributed by atoms with van der Waals surface area (Å²) in [5, 5.41) is 1.53. The fourth-order valence-electron chi connectivity index (χ4n) is 1.83. The smallest absolute Gasteiger partial charge is 0.356 e. The molecule has 3 nitrogen and oxygen atoms in total. The summed E-state index contributed by atoms with van der Waals surface area (Å²) in [6.07, 6.45) is 0. The predicted molar refractivity (Wildman–Crippen MR) is 67.6 cm³/mol. The summed E-state index contributed by atoms with van der Waals surface area (Å²) in [5.41, 5.74) is 2.96. The molecule has 0 aliphatic rings. The van der Waals surface area contributed by atoms with E-state index in [0.29, 0.717) is 10.7 Å². The van der Waals surface area contributed by atoms with Crippen molar-refractivity contribution in [3.63, 3.8) is 0 Å². The molecule has 4 heteroatoms. The minimum atomic E-state index is -0.436. The van der Waals surface area contributed by atoms with Crippen LogP contribution in [-0.2, 0) is 4.74 Å². The molecule has 2 rings (SSSR count). The first-order valence-corrected chi connectivity index (χ1v) is 5.57.